The molecule has 0 unspecified atom stereocenters. The SMILES string of the molecule is Fc1ccc(CNc2ncnc(C3CC3)c2F)c(F)c1. The van der Waals surface area contributed by atoms with Crippen molar-refractivity contribution in [1.82, 2.24) is 9.97 Å². The van der Waals surface area contributed by atoms with E-state index in [1.807, 2.05) is 0 Å². The number of nitrogens with zero attached hydrogens (tertiary/aromatic N) is 2. The number of anilines is 1. The van der Waals surface area contributed by atoms with Crippen LogP contribution in [0.25, 0.3) is 0 Å². The van der Waals surface area contributed by atoms with Gasteiger partial charge in [0.05, 0.1) is 5.69 Å². The highest BCUT2D eigenvalue weighted by Crippen LogP contribution is 2.40. The van der Waals surface area contributed by atoms with E-state index in [0.717, 1.165) is 25.0 Å². The Kier molecular flexibility index (Phi) is 3.30. The molecule has 6 heteroatoms. The summed E-state index contributed by atoms with van der Waals surface area (Å²) in [6.45, 7) is 0.0319. The first-order valence-electron chi connectivity index (χ1n) is 6.33. The Balaban J connectivity index is 1.76. The summed E-state index contributed by atoms with van der Waals surface area (Å²) in [6, 6.07) is 3.27. The molecule has 1 fully saturated rings. The normalized spacial score (nSPS) is 14.3. The van der Waals surface area contributed by atoms with Crippen molar-refractivity contribution in [2.24, 2.45) is 0 Å². The van der Waals surface area contributed by atoms with Crippen LogP contribution in [0, 0.1) is 17.5 Å². The average molecular weight is 279 g/mol. The maximum atomic E-state index is 14.1. The molecule has 0 spiro atoms. The summed E-state index contributed by atoms with van der Waals surface area (Å²) >= 11 is 0. The second kappa shape index (κ2) is 5.11. The summed E-state index contributed by atoms with van der Waals surface area (Å²) in [6.07, 6.45) is 3.15. The van der Waals surface area contributed by atoms with Gasteiger partial charge in [-0.05, 0) is 18.9 Å². The van der Waals surface area contributed by atoms with Gasteiger partial charge < -0.3 is 5.32 Å². The predicted molar refractivity (Wildman–Crippen MR) is 67.6 cm³/mol. The molecule has 1 aliphatic rings. The molecule has 1 N–H and O–H groups in total. The van der Waals surface area contributed by atoms with Crippen molar-refractivity contribution < 1.29 is 13.2 Å². The quantitative estimate of drug-likeness (QED) is 0.932. The summed E-state index contributed by atoms with van der Waals surface area (Å²) < 4.78 is 40.3. The Morgan fingerprint density at radius 2 is 1.95 bits per heavy atom. The van der Waals surface area contributed by atoms with Gasteiger partial charge in [-0.15, -0.1) is 0 Å². The van der Waals surface area contributed by atoms with E-state index in [2.05, 4.69) is 15.3 Å². The first-order chi connectivity index (χ1) is 9.65. The van der Waals surface area contributed by atoms with Gasteiger partial charge in [0.1, 0.15) is 18.0 Å². The van der Waals surface area contributed by atoms with E-state index < -0.39 is 17.5 Å². The van der Waals surface area contributed by atoms with Crippen LogP contribution in [0.1, 0.15) is 30.0 Å². The van der Waals surface area contributed by atoms with E-state index in [-0.39, 0.29) is 23.8 Å². The van der Waals surface area contributed by atoms with Crippen molar-refractivity contribution in [3.05, 3.63) is 53.2 Å². The number of rotatable bonds is 4. The summed E-state index contributed by atoms with van der Waals surface area (Å²) in [5.41, 5.74) is 0.652. The molecule has 0 bridgehead atoms. The average Bonchev–Trinajstić information content (AvgIpc) is 3.24. The first kappa shape index (κ1) is 12.9. The highest BCUT2D eigenvalue weighted by atomic mass is 19.1. The molecule has 104 valence electrons. The van der Waals surface area contributed by atoms with Crippen LogP contribution in [-0.4, -0.2) is 9.97 Å². The highest BCUT2D eigenvalue weighted by molar-refractivity contribution is 5.40. The number of hydrogen-bond acceptors (Lipinski definition) is 3. The van der Waals surface area contributed by atoms with E-state index in [1.165, 1.54) is 12.4 Å². The Labute approximate surface area is 113 Å². The van der Waals surface area contributed by atoms with Gasteiger partial charge in [0, 0.05) is 24.1 Å². The highest BCUT2D eigenvalue weighted by Gasteiger charge is 2.29. The minimum Gasteiger partial charge on any atom is -0.363 e. The second-order valence-corrected chi connectivity index (χ2v) is 4.79. The van der Waals surface area contributed by atoms with Crippen LogP contribution < -0.4 is 5.32 Å². The molecule has 0 aliphatic heterocycles. The zero-order chi connectivity index (χ0) is 14.1. The molecule has 1 aromatic heterocycles. The minimum atomic E-state index is -0.672. The van der Waals surface area contributed by atoms with Crippen molar-refractivity contribution in [3.63, 3.8) is 0 Å². The van der Waals surface area contributed by atoms with Crippen LogP contribution >= 0.6 is 0 Å². The maximum Gasteiger partial charge on any atom is 0.187 e. The molecule has 2 aromatic rings. The number of benzene rings is 1. The summed E-state index contributed by atoms with van der Waals surface area (Å²) in [4.78, 5) is 7.75. The Hall–Kier alpha value is -2.11. The van der Waals surface area contributed by atoms with Gasteiger partial charge in [-0.25, -0.2) is 23.1 Å². The topological polar surface area (TPSA) is 37.8 Å². The van der Waals surface area contributed by atoms with Crippen molar-refractivity contribution in [1.29, 1.82) is 0 Å². The van der Waals surface area contributed by atoms with Crippen molar-refractivity contribution >= 4 is 5.82 Å². The van der Waals surface area contributed by atoms with Crippen LogP contribution in [0.3, 0.4) is 0 Å². The fraction of sp³-hybridized carbons (Fsp3) is 0.286. The molecule has 1 heterocycles. The molecule has 20 heavy (non-hydrogen) atoms. The lowest BCUT2D eigenvalue weighted by Gasteiger charge is -2.09. The molecule has 0 saturated heterocycles. The molecule has 0 radical (unpaired) electrons. The van der Waals surface area contributed by atoms with Crippen molar-refractivity contribution in [2.45, 2.75) is 25.3 Å². The van der Waals surface area contributed by atoms with E-state index >= 15 is 0 Å². The molecular formula is C14H12F3N3. The summed E-state index contributed by atoms with van der Waals surface area (Å²) in [5, 5.41) is 2.72. The second-order valence-electron chi connectivity index (χ2n) is 4.79. The molecular weight excluding hydrogens is 267 g/mol. The Morgan fingerprint density at radius 3 is 2.65 bits per heavy atom. The third-order valence-electron chi connectivity index (χ3n) is 3.24. The minimum absolute atomic E-state index is 0.0319. The third-order valence-corrected chi connectivity index (χ3v) is 3.24. The number of halogens is 3. The molecule has 1 aromatic carbocycles. The van der Waals surface area contributed by atoms with E-state index in [0.29, 0.717) is 5.69 Å². The predicted octanol–water partition coefficient (Wildman–Crippen LogP) is 3.38. The Morgan fingerprint density at radius 1 is 1.15 bits per heavy atom. The summed E-state index contributed by atoms with van der Waals surface area (Å²) in [7, 11) is 0. The Bertz CT molecular complexity index is 642. The van der Waals surface area contributed by atoms with Gasteiger partial charge in [0.25, 0.3) is 0 Å². The first-order valence-corrected chi connectivity index (χ1v) is 6.33. The lowest BCUT2D eigenvalue weighted by atomic mass is 10.2. The molecule has 0 atom stereocenters. The lowest BCUT2D eigenvalue weighted by Crippen LogP contribution is -2.08. The van der Waals surface area contributed by atoms with Gasteiger partial charge in [0.2, 0.25) is 0 Å². The molecule has 1 saturated carbocycles. The molecule has 3 rings (SSSR count). The number of aromatic nitrogens is 2. The zero-order valence-electron chi connectivity index (χ0n) is 10.5. The number of hydrogen-bond donors (Lipinski definition) is 1. The monoisotopic (exact) mass is 279 g/mol. The van der Waals surface area contributed by atoms with Crippen molar-refractivity contribution in [2.75, 3.05) is 5.32 Å². The van der Waals surface area contributed by atoms with Gasteiger partial charge in [-0.2, -0.15) is 0 Å². The van der Waals surface area contributed by atoms with Crippen LogP contribution in [0.5, 0.6) is 0 Å². The third kappa shape index (κ3) is 2.59. The van der Waals surface area contributed by atoms with Crippen LogP contribution in [0.2, 0.25) is 0 Å². The van der Waals surface area contributed by atoms with Gasteiger partial charge >= 0.3 is 0 Å². The van der Waals surface area contributed by atoms with Gasteiger partial charge in [0.15, 0.2) is 11.6 Å². The van der Waals surface area contributed by atoms with E-state index in [4.69, 9.17) is 0 Å². The lowest BCUT2D eigenvalue weighted by molar-refractivity contribution is 0.572. The van der Waals surface area contributed by atoms with Gasteiger partial charge in [-0.1, -0.05) is 6.07 Å². The summed E-state index contributed by atoms with van der Waals surface area (Å²) in [5.74, 6) is -1.59. The van der Waals surface area contributed by atoms with E-state index in [1.54, 1.807) is 0 Å². The van der Waals surface area contributed by atoms with E-state index in [9.17, 15) is 13.2 Å². The van der Waals surface area contributed by atoms with Crippen LogP contribution in [-0.2, 0) is 6.54 Å². The smallest absolute Gasteiger partial charge is 0.187 e. The van der Waals surface area contributed by atoms with Gasteiger partial charge in [-0.3, -0.25) is 0 Å². The molecule has 1 aliphatic carbocycles. The zero-order valence-corrected chi connectivity index (χ0v) is 10.5. The fourth-order valence-electron chi connectivity index (χ4n) is 1.99. The fourth-order valence-corrected chi connectivity index (χ4v) is 1.99. The van der Waals surface area contributed by atoms with Crippen LogP contribution in [0.4, 0.5) is 19.0 Å². The molecule has 3 nitrogen and oxygen atoms in total. The number of nitrogens with one attached hydrogen (secondary N) is 1. The standard InChI is InChI=1S/C14H12F3N3/c15-10-4-3-9(11(16)5-10)6-18-14-12(17)13(8-1-2-8)19-7-20-14/h3-5,7-8H,1-2,6H2,(H,18,19,20). The van der Waals surface area contributed by atoms with Crippen molar-refractivity contribution in [3.8, 4) is 0 Å². The molecule has 0 amide bonds. The largest absolute Gasteiger partial charge is 0.363 e. The van der Waals surface area contributed by atoms with Crippen LogP contribution in [0.15, 0.2) is 24.5 Å². The maximum absolute atomic E-state index is 14.1.